The first-order valence-corrected chi connectivity index (χ1v) is 8.30. The lowest BCUT2D eigenvalue weighted by Gasteiger charge is -2.11. The van der Waals surface area contributed by atoms with Crippen LogP contribution in [0.4, 0.5) is 0 Å². The molecule has 6 nitrogen and oxygen atoms in total. The zero-order chi connectivity index (χ0) is 15.9. The van der Waals surface area contributed by atoms with Gasteiger partial charge < -0.3 is 9.47 Å². The molecule has 0 fully saturated rings. The summed E-state index contributed by atoms with van der Waals surface area (Å²) in [6, 6.07) is 5.72. The molecule has 0 saturated heterocycles. The van der Waals surface area contributed by atoms with Gasteiger partial charge >= 0.3 is 0 Å². The van der Waals surface area contributed by atoms with Gasteiger partial charge in [-0.2, -0.15) is 9.78 Å². The number of para-hydroxylation sites is 1. The topological polar surface area (TPSA) is 61.5 Å². The predicted octanol–water partition coefficient (Wildman–Crippen LogP) is 2.85. The van der Waals surface area contributed by atoms with Gasteiger partial charge in [-0.3, -0.25) is 0 Å². The fraction of sp³-hybridized carbons (Fsp3) is 0.400. The Hall–Kier alpha value is -2.02. The Kier molecular flexibility index (Phi) is 5.83. The van der Waals surface area contributed by atoms with E-state index in [0.717, 1.165) is 23.0 Å². The van der Waals surface area contributed by atoms with Crippen molar-refractivity contribution in [3.8, 4) is 11.5 Å². The second-order valence-corrected chi connectivity index (χ2v) is 5.10. The summed E-state index contributed by atoms with van der Waals surface area (Å²) in [5.74, 6) is 2.20. The van der Waals surface area contributed by atoms with Crippen molar-refractivity contribution in [3.05, 3.63) is 29.6 Å². The van der Waals surface area contributed by atoms with Crippen LogP contribution in [-0.4, -0.2) is 41.1 Å². The number of ether oxygens (including phenoxy) is 2. The molecule has 0 radical (unpaired) electrons. The first kappa shape index (κ1) is 16.4. The minimum atomic E-state index is 0.582. The van der Waals surface area contributed by atoms with Crippen LogP contribution in [0.2, 0.25) is 0 Å². The number of aryl methyl sites for hydroxylation is 1. The Morgan fingerprint density at radius 3 is 2.77 bits per heavy atom. The van der Waals surface area contributed by atoms with Crippen molar-refractivity contribution in [1.82, 2.24) is 14.9 Å². The van der Waals surface area contributed by atoms with Crippen LogP contribution in [0.25, 0.3) is 0 Å². The fourth-order valence-corrected chi connectivity index (χ4v) is 2.45. The third-order valence-corrected chi connectivity index (χ3v) is 3.62. The minimum Gasteiger partial charge on any atom is -0.492 e. The van der Waals surface area contributed by atoms with E-state index in [2.05, 4.69) is 15.3 Å². The smallest absolute Gasteiger partial charge is 0.211 e. The quantitative estimate of drug-likeness (QED) is 0.580. The Bertz CT molecular complexity index is 633. The highest BCUT2D eigenvalue weighted by molar-refractivity contribution is 7.98. The maximum Gasteiger partial charge on any atom is 0.211 e. The molecule has 1 heterocycles. The molecule has 0 aliphatic carbocycles. The van der Waals surface area contributed by atoms with Crippen LogP contribution in [0.1, 0.15) is 25.2 Å². The van der Waals surface area contributed by atoms with Gasteiger partial charge in [-0.15, -0.1) is 10.2 Å². The molecule has 2 aromatic rings. The van der Waals surface area contributed by atoms with Gasteiger partial charge in [-0.1, -0.05) is 24.8 Å². The van der Waals surface area contributed by atoms with Gasteiger partial charge in [0.2, 0.25) is 5.16 Å². The summed E-state index contributed by atoms with van der Waals surface area (Å²) in [6.45, 7) is 4.55. The number of rotatable bonds is 7. The van der Waals surface area contributed by atoms with Gasteiger partial charge in [0, 0.05) is 12.0 Å². The Labute approximate surface area is 134 Å². The van der Waals surface area contributed by atoms with E-state index in [0.29, 0.717) is 18.1 Å². The van der Waals surface area contributed by atoms with E-state index < -0.39 is 0 Å². The lowest BCUT2D eigenvalue weighted by Crippen LogP contribution is -2.01. The third-order valence-electron chi connectivity index (χ3n) is 3.00. The lowest BCUT2D eigenvalue weighted by molar-refractivity contribution is 0.310. The van der Waals surface area contributed by atoms with E-state index in [1.165, 1.54) is 11.8 Å². The molecule has 0 unspecified atom stereocenters. The van der Waals surface area contributed by atoms with E-state index in [4.69, 9.17) is 9.47 Å². The van der Waals surface area contributed by atoms with Crippen LogP contribution in [0, 0.1) is 0 Å². The standard InChI is InChI=1S/C15H20N4O2S/c1-5-13-17-18-15(22-4)19(13)16-10-11-8-7-9-12(21-6-2)14(11)20-3/h7-10H,5-6H2,1-4H3/b16-10-. The maximum absolute atomic E-state index is 5.57. The van der Waals surface area contributed by atoms with Gasteiger partial charge in [0.05, 0.1) is 19.9 Å². The summed E-state index contributed by atoms with van der Waals surface area (Å²) < 4.78 is 12.8. The van der Waals surface area contributed by atoms with Crippen molar-refractivity contribution in [3.63, 3.8) is 0 Å². The molecule has 0 aliphatic rings. The monoisotopic (exact) mass is 320 g/mol. The molecular weight excluding hydrogens is 300 g/mol. The molecule has 22 heavy (non-hydrogen) atoms. The number of hydrogen-bond acceptors (Lipinski definition) is 6. The van der Waals surface area contributed by atoms with E-state index in [9.17, 15) is 0 Å². The zero-order valence-corrected chi connectivity index (χ0v) is 14.1. The van der Waals surface area contributed by atoms with Crippen LogP contribution >= 0.6 is 11.8 Å². The molecule has 0 spiro atoms. The van der Waals surface area contributed by atoms with Crippen LogP contribution in [-0.2, 0) is 6.42 Å². The number of hydrogen-bond donors (Lipinski definition) is 0. The maximum atomic E-state index is 5.57. The van der Waals surface area contributed by atoms with Crippen molar-refractivity contribution in [2.45, 2.75) is 25.4 Å². The van der Waals surface area contributed by atoms with Crippen LogP contribution in [0.5, 0.6) is 11.5 Å². The summed E-state index contributed by atoms with van der Waals surface area (Å²) in [7, 11) is 1.62. The zero-order valence-electron chi connectivity index (χ0n) is 13.2. The molecule has 118 valence electrons. The number of aromatic nitrogens is 3. The molecule has 7 heteroatoms. The number of thioether (sulfide) groups is 1. The van der Waals surface area contributed by atoms with Gasteiger partial charge in [-0.05, 0) is 25.3 Å². The summed E-state index contributed by atoms with van der Waals surface area (Å²) in [4.78, 5) is 0. The average molecular weight is 320 g/mol. The van der Waals surface area contributed by atoms with Crippen LogP contribution in [0.3, 0.4) is 0 Å². The molecular formula is C15H20N4O2S. The van der Waals surface area contributed by atoms with Gasteiger partial charge in [0.1, 0.15) is 0 Å². The summed E-state index contributed by atoms with van der Waals surface area (Å²) in [6.07, 6.45) is 4.45. The van der Waals surface area contributed by atoms with Gasteiger partial charge in [-0.25, -0.2) is 0 Å². The highest BCUT2D eigenvalue weighted by atomic mass is 32.2. The lowest BCUT2D eigenvalue weighted by atomic mass is 10.2. The second-order valence-electron chi connectivity index (χ2n) is 4.32. The van der Waals surface area contributed by atoms with Crippen LogP contribution in [0.15, 0.2) is 28.5 Å². The third kappa shape index (κ3) is 3.41. The Morgan fingerprint density at radius 1 is 1.32 bits per heavy atom. The first-order valence-electron chi connectivity index (χ1n) is 7.07. The highest BCUT2D eigenvalue weighted by Crippen LogP contribution is 2.30. The molecule has 0 bridgehead atoms. The summed E-state index contributed by atoms with van der Waals surface area (Å²) in [5, 5.41) is 13.5. The Morgan fingerprint density at radius 2 is 2.14 bits per heavy atom. The summed E-state index contributed by atoms with van der Waals surface area (Å²) in [5.41, 5.74) is 0.844. The van der Waals surface area contributed by atoms with Crippen molar-refractivity contribution < 1.29 is 9.47 Å². The predicted molar refractivity (Wildman–Crippen MR) is 88.3 cm³/mol. The summed E-state index contributed by atoms with van der Waals surface area (Å²) >= 11 is 1.51. The number of benzene rings is 1. The van der Waals surface area contributed by atoms with E-state index >= 15 is 0 Å². The molecule has 0 aliphatic heterocycles. The van der Waals surface area contributed by atoms with E-state index in [1.54, 1.807) is 18.0 Å². The van der Waals surface area contributed by atoms with E-state index in [-0.39, 0.29) is 0 Å². The molecule has 2 rings (SSSR count). The molecule has 0 saturated carbocycles. The average Bonchev–Trinajstić information content (AvgIpc) is 2.95. The minimum absolute atomic E-state index is 0.582. The molecule has 0 N–H and O–H groups in total. The number of methoxy groups -OCH3 is 1. The van der Waals surface area contributed by atoms with E-state index in [1.807, 2.05) is 38.3 Å². The highest BCUT2D eigenvalue weighted by Gasteiger charge is 2.11. The van der Waals surface area contributed by atoms with Crippen molar-refractivity contribution in [2.24, 2.45) is 5.10 Å². The Balaban J connectivity index is 2.38. The molecule has 1 aromatic carbocycles. The SMILES string of the molecule is CCOc1cccc(/C=N\n2c(CC)nnc2SC)c1OC. The number of nitrogens with zero attached hydrogens (tertiary/aromatic N) is 4. The largest absolute Gasteiger partial charge is 0.492 e. The van der Waals surface area contributed by atoms with Crippen molar-refractivity contribution >= 4 is 18.0 Å². The fourth-order valence-electron chi connectivity index (χ4n) is 2.00. The molecule has 0 amide bonds. The van der Waals surface area contributed by atoms with Crippen LogP contribution < -0.4 is 9.47 Å². The van der Waals surface area contributed by atoms with Gasteiger partial charge in [0.25, 0.3) is 0 Å². The van der Waals surface area contributed by atoms with Gasteiger partial charge in [0.15, 0.2) is 17.3 Å². The molecule has 0 atom stereocenters. The van der Waals surface area contributed by atoms with Crippen molar-refractivity contribution in [2.75, 3.05) is 20.0 Å². The first-order chi connectivity index (χ1) is 10.7. The molecule has 1 aromatic heterocycles. The normalized spacial score (nSPS) is 11.1. The van der Waals surface area contributed by atoms with Crippen molar-refractivity contribution in [1.29, 1.82) is 0 Å². The second kappa shape index (κ2) is 7.84.